The first-order valence-electron chi connectivity index (χ1n) is 5.84. The summed E-state index contributed by atoms with van der Waals surface area (Å²) in [5.74, 6) is 0.318. The zero-order valence-electron chi connectivity index (χ0n) is 10.3. The molecule has 1 heterocycles. The van der Waals surface area contributed by atoms with Crippen LogP contribution in [0.25, 0.3) is 22.3 Å². The average Bonchev–Trinajstić information content (AvgIpc) is 2.40. The van der Waals surface area contributed by atoms with Crippen LogP contribution in [0.5, 0.6) is 0 Å². The highest BCUT2D eigenvalue weighted by Crippen LogP contribution is 2.33. The maximum atomic E-state index is 12.2. The molecule has 0 aliphatic rings. The Morgan fingerprint density at radius 1 is 0.810 bits per heavy atom. The van der Waals surface area contributed by atoms with E-state index in [1.54, 1.807) is 18.2 Å². The molecule has 0 aliphatic carbocycles. The van der Waals surface area contributed by atoms with Crippen molar-refractivity contribution in [3.63, 3.8) is 0 Å². The van der Waals surface area contributed by atoms with Crippen LogP contribution >= 0.6 is 46.4 Å². The highest BCUT2D eigenvalue weighted by Gasteiger charge is 2.13. The van der Waals surface area contributed by atoms with E-state index >= 15 is 0 Å². The predicted molar refractivity (Wildman–Crippen MR) is 88.0 cm³/mol. The molecule has 0 amide bonds. The molecule has 2 nitrogen and oxygen atoms in total. The van der Waals surface area contributed by atoms with Gasteiger partial charge in [-0.25, -0.2) is 0 Å². The number of hydrogen-bond acceptors (Lipinski definition) is 2. The first-order chi connectivity index (χ1) is 9.95. The Bertz CT molecular complexity index is 915. The fourth-order valence-corrected chi connectivity index (χ4v) is 3.04. The van der Waals surface area contributed by atoms with Crippen molar-refractivity contribution in [3.8, 4) is 11.3 Å². The van der Waals surface area contributed by atoms with Gasteiger partial charge in [-0.1, -0.05) is 46.4 Å². The van der Waals surface area contributed by atoms with Crippen molar-refractivity contribution in [2.45, 2.75) is 0 Å². The molecule has 0 spiro atoms. The van der Waals surface area contributed by atoms with Gasteiger partial charge in [-0.2, -0.15) is 0 Å². The summed E-state index contributed by atoms with van der Waals surface area (Å²) in [6.07, 6.45) is 0. The molecule has 3 aromatic rings. The third-order valence-corrected chi connectivity index (χ3v) is 3.99. The van der Waals surface area contributed by atoms with Gasteiger partial charge >= 0.3 is 0 Å². The molecule has 0 unspecified atom stereocenters. The van der Waals surface area contributed by atoms with Crippen molar-refractivity contribution < 1.29 is 4.42 Å². The molecular weight excluding hydrogens is 354 g/mol. The Labute approximate surface area is 139 Å². The summed E-state index contributed by atoms with van der Waals surface area (Å²) in [4.78, 5) is 12.2. The largest absolute Gasteiger partial charge is 0.454 e. The van der Waals surface area contributed by atoms with Gasteiger partial charge in [0.2, 0.25) is 0 Å². The van der Waals surface area contributed by atoms with Crippen LogP contribution < -0.4 is 5.43 Å². The van der Waals surface area contributed by atoms with E-state index in [1.807, 2.05) is 0 Å². The number of benzene rings is 2. The second-order valence-corrected chi connectivity index (χ2v) is 6.05. The number of fused-ring (bicyclic) bond motifs is 1. The smallest absolute Gasteiger partial charge is 0.193 e. The van der Waals surface area contributed by atoms with Crippen LogP contribution in [0.1, 0.15) is 0 Å². The van der Waals surface area contributed by atoms with Crippen molar-refractivity contribution >= 4 is 57.4 Å². The molecule has 0 radical (unpaired) electrons. The van der Waals surface area contributed by atoms with Gasteiger partial charge in [0, 0.05) is 21.7 Å². The topological polar surface area (TPSA) is 30.2 Å². The number of halogens is 4. The van der Waals surface area contributed by atoms with E-state index < -0.39 is 0 Å². The number of rotatable bonds is 1. The van der Waals surface area contributed by atoms with Gasteiger partial charge in [0.15, 0.2) is 11.0 Å². The van der Waals surface area contributed by atoms with Crippen LogP contribution in [0.4, 0.5) is 0 Å². The van der Waals surface area contributed by atoms with Crippen molar-refractivity contribution in [3.05, 3.63) is 66.7 Å². The van der Waals surface area contributed by atoms with Gasteiger partial charge in [-0.3, -0.25) is 4.79 Å². The predicted octanol–water partition coefficient (Wildman–Crippen LogP) is 6.07. The molecule has 0 N–H and O–H groups in total. The number of hydrogen-bond donors (Lipinski definition) is 0. The van der Waals surface area contributed by atoms with E-state index in [4.69, 9.17) is 50.8 Å². The second kappa shape index (κ2) is 5.54. The standard InChI is InChI=1S/C15H6Cl4O2/c16-7-1-2-9(11(18)4-7)14-6-13(20)10-3-8(17)5-12(19)15(10)21-14/h1-6H. The molecule has 0 saturated carbocycles. The lowest BCUT2D eigenvalue weighted by Gasteiger charge is -2.07. The van der Waals surface area contributed by atoms with Gasteiger partial charge in [-0.05, 0) is 30.3 Å². The molecule has 0 atom stereocenters. The lowest BCUT2D eigenvalue weighted by Crippen LogP contribution is -2.00. The van der Waals surface area contributed by atoms with Crippen LogP contribution in [0.3, 0.4) is 0 Å². The molecule has 6 heteroatoms. The fourth-order valence-electron chi connectivity index (χ4n) is 2.01. The Morgan fingerprint density at radius 3 is 2.24 bits per heavy atom. The van der Waals surface area contributed by atoms with E-state index in [-0.39, 0.29) is 16.0 Å². The first kappa shape index (κ1) is 14.7. The van der Waals surface area contributed by atoms with E-state index in [2.05, 4.69) is 0 Å². The van der Waals surface area contributed by atoms with Crippen LogP contribution in [-0.2, 0) is 0 Å². The second-order valence-electron chi connectivity index (χ2n) is 4.36. The average molecular weight is 360 g/mol. The lowest BCUT2D eigenvalue weighted by molar-refractivity contribution is 0.619. The summed E-state index contributed by atoms with van der Waals surface area (Å²) < 4.78 is 5.72. The maximum absolute atomic E-state index is 12.2. The summed E-state index contributed by atoms with van der Waals surface area (Å²) in [6, 6.07) is 9.30. The van der Waals surface area contributed by atoms with Crippen LogP contribution in [-0.4, -0.2) is 0 Å². The highest BCUT2D eigenvalue weighted by molar-refractivity contribution is 6.38. The fraction of sp³-hybridized carbons (Fsp3) is 0. The lowest BCUT2D eigenvalue weighted by atomic mass is 10.1. The van der Waals surface area contributed by atoms with E-state index in [0.29, 0.717) is 31.8 Å². The highest BCUT2D eigenvalue weighted by atomic mass is 35.5. The Balaban J connectivity index is 2.33. The molecule has 0 bridgehead atoms. The Kier molecular flexibility index (Phi) is 3.89. The Hall–Kier alpha value is -1.19. The molecule has 106 valence electrons. The van der Waals surface area contributed by atoms with Crippen molar-refractivity contribution in [2.75, 3.05) is 0 Å². The SMILES string of the molecule is O=c1cc(-c2ccc(Cl)cc2Cl)oc2c(Cl)cc(Cl)cc12. The molecule has 1 aromatic heterocycles. The Morgan fingerprint density at radius 2 is 1.52 bits per heavy atom. The molecule has 0 aliphatic heterocycles. The van der Waals surface area contributed by atoms with E-state index in [1.165, 1.54) is 18.2 Å². The third kappa shape index (κ3) is 2.77. The summed E-state index contributed by atoms with van der Waals surface area (Å²) in [6.45, 7) is 0. The minimum atomic E-state index is -0.248. The van der Waals surface area contributed by atoms with Gasteiger partial charge < -0.3 is 4.42 Å². The summed E-state index contributed by atoms with van der Waals surface area (Å²) in [5.41, 5.74) is 0.585. The maximum Gasteiger partial charge on any atom is 0.193 e. The first-order valence-corrected chi connectivity index (χ1v) is 7.35. The molecular formula is C15H6Cl4O2. The molecule has 0 saturated heterocycles. The molecule has 3 rings (SSSR count). The van der Waals surface area contributed by atoms with Crippen LogP contribution in [0, 0.1) is 0 Å². The zero-order valence-corrected chi connectivity index (χ0v) is 13.3. The van der Waals surface area contributed by atoms with Crippen LogP contribution in [0.2, 0.25) is 20.1 Å². The van der Waals surface area contributed by atoms with Gasteiger partial charge in [0.05, 0.1) is 15.4 Å². The van der Waals surface area contributed by atoms with Gasteiger partial charge in [-0.15, -0.1) is 0 Å². The summed E-state index contributed by atoms with van der Waals surface area (Å²) in [5, 5.41) is 1.84. The van der Waals surface area contributed by atoms with Crippen molar-refractivity contribution in [2.24, 2.45) is 0 Å². The van der Waals surface area contributed by atoms with E-state index in [9.17, 15) is 4.79 Å². The summed E-state index contributed by atoms with van der Waals surface area (Å²) in [7, 11) is 0. The quantitative estimate of drug-likeness (QED) is 0.527. The third-order valence-electron chi connectivity index (χ3n) is 2.94. The van der Waals surface area contributed by atoms with E-state index in [0.717, 1.165) is 0 Å². The molecule has 0 fully saturated rings. The minimum absolute atomic E-state index is 0.248. The minimum Gasteiger partial charge on any atom is -0.454 e. The molecule has 2 aromatic carbocycles. The van der Waals surface area contributed by atoms with Gasteiger partial charge in [0.25, 0.3) is 0 Å². The zero-order chi connectivity index (χ0) is 15.1. The van der Waals surface area contributed by atoms with Crippen LogP contribution in [0.15, 0.2) is 45.6 Å². The van der Waals surface area contributed by atoms with Crippen molar-refractivity contribution in [1.82, 2.24) is 0 Å². The normalized spacial score (nSPS) is 11.0. The molecule has 21 heavy (non-hydrogen) atoms. The summed E-state index contributed by atoms with van der Waals surface area (Å²) >= 11 is 24.0. The monoisotopic (exact) mass is 358 g/mol. The van der Waals surface area contributed by atoms with Crippen molar-refractivity contribution in [1.29, 1.82) is 0 Å². The van der Waals surface area contributed by atoms with Gasteiger partial charge in [0.1, 0.15) is 5.76 Å².